The summed E-state index contributed by atoms with van der Waals surface area (Å²) < 4.78 is 116. The van der Waals surface area contributed by atoms with E-state index in [1.807, 2.05) is 0 Å². The van der Waals surface area contributed by atoms with E-state index in [2.05, 4.69) is 4.74 Å². The zero-order chi connectivity index (χ0) is 22.1. The van der Waals surface area contributed by atoms with Crippen LogP contribution in [-0.2, 0) is 9.47 Å². The van der Waals surface area contributed by atoms with Crippen LogP contribution in [0.1, 0.15) is 64.2 Å². The third kappa shape index (κ3) is 6.20. The Balaban J connectivity index is 1.44. The Labute approximate surface area is 170 Å². The fourth-order valence-corrected chi connectivity index (χ4v) is 5.37. The maximum Gasteiger partial charge on any atom is 0.522 e. The van der Waals surface area contributed by atoms with Crippen molar-refractivity contribution in [2.24, 2.45) is 17.8 Å². The van der Waals surface area contributed by atoms with Crippen LogP contribution >= 0.6 is 0 Å². The van der Waals surface area contributed by atoms with E-state index in [1.54, 1.807) is 0 Å². The van der Waals surface area contributed by atoms with E-state index in [4.69, 9.17) is 4.74 Å². The number of rotatable bonds is 5. The first-order valence-electron chi connectivity index (χ1n) is 10.7. The molecule has 3 aliphatic carbocycles. The largest absolute Gasteiger partial charge is 0.522 e. The Hall–Kier alpha value is -0.640. The predicted octanol–water partition coefficient (Wildman–Crippen LogP) is 6.67. The number of halogens is 8. The van der Waals surface area contributed by atoms with Crippen LogP contribution in [-0.4, -0.2) is 43.2 Å². The van der Waals surface area contributed by atoms with Crippen molar-refractivity contribution in [1.29, 1.82) is 0 Å². The van der Waals surface area contributed by atoms with Gasteiger partial charge in [-0.2, -0.15) is 8.78 Å². The lowest BCUT2D eigenvalue weighted by atomic mass is 9.72. The van der Waals surface area contributed by atoms with Gasteiger partial charge in [0.1, 0.15) is 24.4 Å². The molecule has 0 aromatic rings. The van der Waals surface area contributed by atoms with E-state index in [0.717, 1.165) is 0 Å². The van der Waals surface area contributed by atoms with Crippen molar-refractivity contribution < 1.29 is 44.6 Å². The zero-order valence-corrected chi connectivity index (χ0v) is 16.5. The number of hydrogen-bond donors (Lipinski definition) is 0. The van der Waals surface area contributed by atoms with Crippen LogP contribution in [0, 0.1) is 17.8 Å². The maximum atomic E-state index is 14.4. The van der Waals surface area contributed by atoms with Crippen molar-refractivity contribution in [2.45, 2.75) is 107 Å². The summed E-state index contributed by atoms with van der Waals surface area (Å²) >= 11 is 0. The molecule has 0 amide bonds. The fourth-order valence-electron chi connectivity index (χ4n) is 5.37. The lowest BCUT2D eigenvalue weighted by molar-refractivity contribution is -0.346. The van der Waals surface area contributed by atoms with Crippen LogP contribution < -0.4 is 0 Å². The van der Waals surface area contributed by atoms with E-state index in [9.17, 15) is 35.1 Å². The van der Waals surface area contributed by atoms with Gasteiger partial charge < -0.3 is 4.74 Å². The highest BCUT2D eigenvalue weighted by molar-refractivity contribution is 4.92. The summed E-state index contributed by atoms with van der Waals surface area (Å²) in [4.78, 5) is 0. The molecule has 0 saturated heterocycles. The molecule has 2 unspecified atom stereocenters. The SMILES string of the molecule is FC1CC(F)C(C(F)(F)OC2CCC(C3CCC(OC(F)(F)F)CC3)CC2)C(F)C1. The molecule has 0 heterocycles. The van der Waals surface area contributed by atoms with Crippen LogP contribution in [0.3, 0.4) is 0 Å². The van der Waals surface area contributed by atoms with Gasteiger partial charge in [-0.1, -0.05) is 0 Å². The monoisotopic (exact) mass is 452 g/mol. The maximum absolute atomic E-state index is 14.4. The van der Waals surface area contributed by atoms with Gasteiger partial charge in [-0.25, -0.2) is 13.2 Å². The number of hydrogen-bond acceptors (Lipinski definition) is 2. The summed E-state index contributed by atoms with van der Waals surface area (Å²) in [7, 11) is 0. The van der Waals surface area contributed by atoms with E-state index in [1.165, 1.54) is 0 Å². The van der Waals surface area contributed by atoms with Crippen LogP contribution in [0.2, 0.25) is 0 Å². The van der Waals surface area contributed by atoms with Gasteiger partial charge in [-0.15, -0.1) is 13.2 Å². The minimum absolute atomic E-state index is 0.204. The molecule has 3 saturated carbocycles. The van der Waals surface area contributed by atoms with Gasteiger partial charge in [-0.05, 0) is 63.2 Å². The molecule has 0 radical (unpaired) electrons. The first-order chi connectivity index (χ1) is 13.9. The highest BCUT2D eigenvalue weighted by Crippen LogP contribution is 2.45. The Morgan fingerprint density at radius 1 is 0.567 bits per heavy atom. The summed E-state index contributed by atoms with van der Waals surface area (Å²) in [5.74, 6) is -1.88. The molecule has 30 heavy (non-hydrogen) atoms. The van der Waals surface area contributed by atoms with Crippen LogP contribution in [0.4, 0.5) is 35.1 Å². The highest BCUT2D eigenvalue weighted by Gasteiger charge is 2.55. The summed E-state index contributed by atoms with van der Waals surface area (Å²) in [6.45, 7) is 0. The second-order valence-corrected chi connectivity index (χ2v) is 8.94. The fraction of sp³-hybridized carbons (Fsp3) is 1.00. The van der Waals surface area contributed by atoms with Crippen LogP contribution in [0.5, 0.6) is 0 Å². The molecule has 0 aromatic heterocycles. The van der Waals surface area contributed by atoms with Crippen LogP contribution in [0.25, 0.3) is 0 Å². The van der Waals surface area contributed by atoms with Crippen molar-refractivity contribution in [2.75, 3.05) is 0 Å². The molecule has 2 nitrogen and oxygen atoms in total. The smallest absolute Gasteiger partial charge is 0.317 e. The minimum atomic E-state index is -4.64. The molecule has 3 aliphatic rings. The van der Waals surface area contributed by atoms with Crippen molar-refractivity contribution in [3.05, 3.63) is 0 Å². The standard InChI is InChI=1S/C20H28F8O2/c21-13-9-16(22)18(17(23)10-13)19(24,25)29-14-5-1-11(2-6-14)12-3-7-15(8-4-12)30-20(26,27)28/h11-18H,1-10H2. The lowest BCUT2D eigenvalue weighted by Crippen LogP contribution is -2.50. The minimum Gasteiger partial charge on any atom is -0.317 e. The summed E-state index contributed by atoms with van der Waals surface area (Å²) in [6, 6.07) is 0. The predicted molar refractivity (Wildman–Crippen MR) is 92.1 cm³/mol. The third-order valence-corrected chi connectivity index (χ3v) is 6.86. The topological polar surface area (TPSA) is 18.5 Å². The number of alkyl halides is 8. The zero-order valence-electron chi connectivity index (χ0n) is 16.5. The van der Waals surface area contributed by atoms with Crippen molar-refractivity contribution in [3.63, 3.8) is 0 Å². The molecule has 176 valence electrons. The molecule has 3 rings (SSSR count). The molecule has 0 spiro atoms. The van der Waals surface area contributed by atoms with E-state index < -0.39 is 62.0 Å². The van der Waals surface area contributed by atoms with Gasteiger partial charge in [0.25, 0.3) is 0 Å². The normalized spacial score (nSPS) is 41.6. The Morgan fingerprint density at radius 2 is 0.967 bits per heavy atom. The highest BCUT2D eigenvalue weighted by atomic mass is 19.4. The molecular weight excluding hydrogens is 424 g/mol. The Morgan fingerprint density at radius 3 is 1.37 bits per heavy atom. The number of ether oxygens (including phenoxy) is 2. The van der Waals surface area contributed by atoms with Gasteiger partial charge in [0.05, 0.1) is 12.2 Å². The van der Waals surface area contributed by atoms with Gasteiger partial charge in [0.2, 0.25) is 0 Å². The molecule has 2 atom stereocenters. The molecular formula is C20H28F8O2. The Bertz CT molecular complexity index is 529. The van der Waals surface area contributed by atoms with Gasteiger partial charge in [0.15, 0.2) is 0 Å². The van der Waals surface area contributed by atoms with Crippen molar-refractivity contribution in [3.8, 4) is 0 Å². The van der Waals surface area contributed by atoms with Gasteiger partial charge >= 0.3 is 12.5 Å². The molecule has 10 heteroatoms. The molecule has 0 N–H and O–H groups in total. The molecule has 0 aliphatic heterocycles. The lowest BCUT2D eigenvalue weighted by Gasteiger charge is -2.40. The van der Waals surface area contributed by atoms with Gasteiger partial charge in [-0.3, -0.25) is 4.74 Å². The molecule has 0 bridgehead atoms. The van der Waals surface area contributed by atoms with E-state index in [0.29, 0.717) is 51.4 Å². The van der Waals surface area contributed by atoms with Gasteiger partial charge in [0, 0.05) is 12.8 Å². The quantitative estimate of drug-likeness (QED) is 0.434. The van der Waals surface area contributed by atoms with E-state index >= 15 is 0 Å². The average Bonchev–Trinajstić information content (AvgIpc) is 2.60. The van der Waals surface area contributed by atoms with Crippen molar-refractivity contribution >= 4 is 0 Å². The summed E-state index contributed by atoms with van der Waals surface area (Å²) in [5.41, 5.74) is 0. The summed E-state index contributed by atoms with van der Waals surface area (Å²) in [6.07, 6.45) is -14.7. The first-order valence-corrected chi connectivity index (χ1v) is 10.7. The average molecular weight is 452 g/mol. The molecule has 3 fully saturated rings. The second kappa shape index (κ2) is 9.46. The third-order valence-electron chi connectivity index (χ3n) is 6.86. The van der Waals surface area contributed by atoms with E-state index in [-0.39, 0.29) is 11.8 Å². The second-order valence-electron chi connectivity index (χ2n) is 8.94. The van der Waals surface area contributed by atoms with Crippen LogP contribution in [0.15, 0.2) is 0 Å². The Kier molecular flexibility index (Phi) is 7.58. The molecule has 0 aromatic carbocycles. The summed E-state index contributed by atoms with van der Waals surface area (Å²) in [5, 5.41) is 0. The van der Waals surface area contributed by atoms with Crippen molar-refractivity contribution in [1.82, 2.24) is 0 Å². The first kappa shape index (κ1) is 24.0.